The Hall–Kier alpha value is -1.75. The monoisotopic (exact) mass is 306 g/mol. The number of hydrogen-bond acceptors (Lipinski definition) is 4. The predicted molar refractivity (Wildman–Crippen MR) is 71.8 cm³/mol. The molecule has 0 radical (unpaired) electrons. The van der Waals surface area contributed by atoms with Crippen LogP contribution < -0.4 is 4.74 Å². The van der Waals surface area contributed by atoms with Gasteiger partial charge in [-0.1, -0.05) is 15.9 Å². The van der Waals surface area contributed by atoms with Crippen LogP contribution in [-0.4, -0.2) is 23.4 Å². The molecule has 92 valence electrons. The molecule has 0 atom stereocenters. The highest BCUT2D eigenvalue weighted by molar-refractivity contribution is 9.10. The van der Waals surface area contributed by atoms with Crippen molar-refractivity contribution in [3.8, 4) is 17.0 Å². The summed E-state index contributed by atoms with van der Waals surface area (Å²) in [5.41, 5.74) is 2.23. The molecule has 1 aromatic heterocycles. The van der Waals surface area contributed by atoms with Crippen LogP contribution in [0.1, 0.15) is 16.3 Å². The predicted octanol–water partition coefficient (Wildman–Crippen LogP) is 3.04. The molecule has 4 nitrogen and oxygen atoms in total. The van der Waals surface area contributed by atoms with E-state index in [-0.39, 0.29) is 5.82 Å². The van der Waals surface area contributed by atoms with Crippen molar-refractivity contribution >= 4 is 22.2 Å². The van der Waals surface area contributed by atoms with Gasteiger partial charge in [-0.05, 0) is 31.2 Å². The van der Waals surface area contributed by atoms with Gasteiger partial charge in [0.05, 0.1) is 12.8 Å². The molecule has 0 spiro atoms. The highest BCUT2D eigenvalue weighted by atomic mass is 79.9. The quantitative estimate of drug-likeness (QED) is 0.818. The maximum atomic E-state index is 10.8. The van der Waals surface area contributed by atoms with Crippen LogP contribution in [0.3, 0.4) is 0 Å². The molecule has 0 fully saturated rings. The van der Waals surface area contributed by atoms with Crippen LogP contribution in [0.15, 0.2) is 28.7 Å². The van der Waals surface area contributed by atoms with Crippen LogP contribution >= 0.6 is 15.9 Å². The summed E-state index contributed by atoms with van der Waals surface area (Å²) in [6.45, 7) is 1.82. The largest absolute Gasteiger partial charge is 0.496 e. The molecule has 0 aliphatic heterocycles. The van der Waals surface area contributed by atoms with Gasteiger partial charge in [-0.15, -0.1) is 0 Å². The molecule has 1 heterocycles. The van der Waals surface area contributed by atoms with Crippen molar-refractivity contribution < 1.29 is 9.53 Å². The number of rotatable bonds is 3. The van der Waals surface area contributed by atoms with Crippen LogP contribution in [0, 0.1) is 6.92 Å². The molecule has 0 N–H and O–H groups in total. The molecule has 0 unspecified atom stereocenters. The normalized spacial score (nSPS) is 10.2. The SMILES string of the molecule is COc1ccc(Br)cc1-c1cc(C)nc(C=O)n1. The first-order valence-corrected chi connectivity index (χ1v) is 6.08. The molecule has 18 heavy (non-hydrogen) atoms. The lowest BCUT2D eigenvalue weighted by atomic mass is 10.1. The van der Waals surface area contributed by atoms with Crippen molar-refractivity contribution in [3.05, 3.63) is 40.3 Å². The van der Waals surface area contributed by atoms with Gasteiger partial charge in [-0.25, -0.2) is 9.97 Å². The van der Waals surface area contributed by atoms with Gasteiger partial charge in [-0.2, -0.15) is 0 Å². The summed E-state index contributed by atoms with van der Waals surface area (Å²) >= 11 is 3.41. The lowest BCUT2D eigenvalue weighted by Crippen LogP contribution is -1.98. The van der Waals surface area contributed by atoms with E-state index in [1.54, 1.807) is 7.11 Å². The van der Waals surface area contributed by atoms with Crippen LogP contribution in [-0.2, 0) is 0 Å². The number of methoxy groups -OCH3 is 1. The summed E-state index contributed by atoms with van der Waals surface area (Å²) in [4.78, 5) is 19.0. The summed E-state index contributed by atoms with van der Waals surface area (Å²) in [6, 6.07) is 7.45. The molecule has 1 aromatic carbocycles. The van der Waals surface area contributed by atoms with Gasteiger partial charge in [0.25, 0.3) is 0 Å². The molecule has 2 aromatic rings. The van der Waals surface area contributed by atoms with Crippen molar-refractivity contribution in [2.75, 3.05) is 7.11 Å². The summed E-state index contributed by atoms with van der Waals surface area (Å²) < 4.78 is 6.22. The van der Waals surface area contributed by atoms with Crippen LogP contribution in [0.25, 0.3) is 11.3 Å². The van der Waals surface area contributed by atoms with Gasteiger partial charge in [0.2, 0.25) is 0 Å². The van der Waals surface area contributed by atoms with E-state index in [1.807, 2.05) is 31.2 Å². The standard InChI is InChI=1S/C13H11BrN2O2/c1-8-5-11(16-13(7-17)15-8)10-6-9(14)3-4-12(10)18-2/h3-7H,1-2H3. The third-order valence-electron chi connectivity index (χ3n) is 2.41. The van der Waals surface area contributed by atoms with Gasteiger partial charge in [0, 0.05) is 15.7 Å². The third kappa shape index (κ3) is 2.56. The Labute approximate surface area is 113 Å². The highest BCUT2D eigenvalue weighted by Gasteiger charge is 2.10. The Morgan fingerprint density at radius 3 is 2.72 bits per heavy atom. The van der Waals surface area contributed by atoms with E-state index in [4.69, 9.17) is 4.74 Å². The zero-order valence-corrected chi connectivity index (χ0v) is 11.6. The van der Waals surface area contributed by atoms with Crippen molar-refractivity contribution in [3.63, 3.8) is 0 Å². The Bertz CT molecular complexity index is 600. The first-order valence-electron chi connectivity index (χ1n) is 5.29. The second kappa shape index (κ2) is 5.27. The van der Waals surface area contributed by atoms with Gasteiger partial charge < -0.3 is 4.74 Å². The second-order valence-electron chi connectivity index (χ2n) is 3.72. The summed E-state index contributed by atoms with van der Waals surface area (Å²) in [6.07, 6.45) is 0.640. The van der Waals surface area contributed by atoms with Gasteiger partial charge in [-0.3, -0.25) is 4.79 Å². The molecule has 0 aliphatic rings. The molecule has 0 amide bonds. The van der Waals surface area contributed by atoms with E-state index < -0.39 is 0 Å². The maximum Gasteiger partial charge on any atom is 0.193 e. The summed E-state index contributed by atoms with van der Waals surface area (Å²) in [5, 5.41) is 0. The zero-order chi connectivity index (χ0) is 13.1. The van der Waals surface area contributed by atoms with Crippen molar-refractivity contribution in [2.24, 2.45) is 0 Å². The van der Waals surface area contributed by atoms with Crippen LogP contribution in [0.5, 0.6) is 5.75 Å². The minimum atomic E-state index is 0.173. The van der Waals surface area contributed by atoms with Gasteiger partial charge in [0.15, 0.2) is 12.1 Å². The van der Waals surface area contributed by atoms with E-state index >= 15 is 0 Å². The first-order chi connectivity index (χ1) is 8.63. The lowest BCUT2D eigenvalue weighted by Gasteiger charge is -2.09. The molecule has 0 saturated carbocycles. The minimum Gasteiger partial charge on any atom is -0.496 e. The number of hydrogen-bond donors (Lipinski definition) is 0. The van der Waals surface area contributed by atoms with Crippen molar-refractivity contribution in [2.45, 2.75) is 6.92 Å². The minimum absolute atomic E-state index is 0.173. The summed E-state index contributed by atoms with van der Waals surface area (Å²) in [7, 11) is 1.60. The van der Waals surface area contributed by atoms with Crippen LogP contribution in [0.4, 0.5) is 0 Å². The second-order valence-corrected chi connectivity index (χ2v) is 4.63. The van der Waals surface area contributed by atoms with E-state index in [1.165, 1.54) is 0 Å². The number of carbonyl (C=O) groups is 1. The Morgan fingerprint density at radius 2 is 2.06 bits per heavy atom. The van der Waals surface area contributed by atoms with E-state index in [9.17, 15) is 4.79 Å². The average Bonchev–Trinajstić information content (AvgIpc) is 2.38. The number of aromatic nitrogens is 2. The number of ether oxygens (including phenoxy) is 1. The number of halogens is 1. The molecular weight excluding hydrogens is 296 g/mol. The number of nitrogens with zero attached hydrogens (tertiary/aromatic N) is 2. The lowest BCUT2D eigenvalue weighted by molar-refractivity contribution is 0.111. The van der Waals surface area contributed by atoms with Gasteiger partial charge in [0.1, 0.15) is 5.75 Å². The van der Waals surface area contributed by atoms with Gasteiger partial charge >= 0.3 is 0 Å². The highest BCUT2D eigenvalue weighted by Crippen LogP contribution is 2.31. The Balaban J connectivity index is 2.63. The van der Waals surface area contributed by atoms with E-state index in [2.05, 4.69) is 25.9 Å². The Morgan fingerprint density at radius 1 is 1.28 bits per heavy atom. The molecule has 5 heteroatoms. The molecule has 2 rings (SSSR count). The number of aryl methyl sites for hydroxylation is 1. The summed E-state index contributed by atoms with van der Waals surface area (Å²) in [5.74, 6) is 0.875. The third-order valence-corrected chi connectivity index (χ3v) is 2.91. The molecule has 0 aliphatic carbocycles. The maximum absolute atomic E-state index is 10.8. The van der Waals surface area contributed by atoms with E-state index in [0.29, 0.717) is 17.7 Å². The first kappa shape index (κ1) is 12.7. The molecular formula is C13H11BrN2O2. The molecule has 0 saturated heterocycles. The topological polar surface area (TPSA) is 52.1 Å². The zero-order valence-electron chi connectivity index (χ0n) is 9.98. The number of benzene rings is 1. The fourth-order valence-corrected chi connectivity index (χ4v) is 2.02. The van der Waals surface area contributed by atoms with Crippen molar-refractivity contribution in [1.82, 2.24) is 9.97 Å². The fraction of sp³-hybridized carbons (Fsp3) is 0.154. The number of carbonyl (C=O) groups excluding carboxylic acids is 1. The van der Waals surface area contributed by atoms with E-state index in [0.717, 1.165) is 15.7 Å². The van der Waals surface area contributed by atoms with Crippen molar-refractivity contribution in [1.29, 1.82) is 0 Å². The van der Waals surface area contributed by atoms with Crippen LogP contribution in [0.2, 0.25) is 0 Å². The average molecular weight is 307 g/mol. The molecule has 0 bridgehead atoms. The Kier molecular flexibility index (Phi) is 3.72. The smallest absolute Gasteiger partial charge is 0.193 e. The fourth-order valence-electron chi connectivity index (χ4n) is 1.66. The number of aldehydes is 1.